The molecule has 2 unspecified atom stereocenters. The molecule has 6 nitrogen and oxygen atoms in total. The first-order valence-corrected chi connectivity index (χ1v) is 8.45. The van der Waals surface area contributed by atoms with Crippen LogP contribution in [0.1, 0.15) is 34.1 Å². The molecule has 0 radical (unpaired) electrons. The van der Waals surface area contributed by atoms with Crippen LogP contribution in [0.25, 0.3) is 0 Å². The summed E-state index contributed by atoms with van der Waals surface area (Å²) in [6.45, 7) is 8.80. The Hall–Kier alpha value is -0.890. The summed E-state index contributed by atoms with van der Waals surface area (Å²) in [6.07, 6.45) is 3.60. The lowest BCUT2D eigenvalue weighted by atomic mass is 9.81. The highest BCUT2D eigenvalue weighted by molar-refractivity contribution is 8.03. The van der Waals surface area contributed by atoms with Gasteiger partial charge in [0.25, 0.3) is 0 Å². The zero-order valence-corrected chi connectivity index (χ0v) is 15.2. The van der Waals surface area contributed by atoms with Gasteiger partial charge >= 0.3 is 5.97 Å². The third-order valence-electron chi connectivity index (χ3n) is 4.09. The maximum absolute atomic E-state index is 11.0. The fraction of sp³-hybridized carbons (Fsp3) is 0.750. The number of thioether (sulfide) groups is 1. The van der Waals surface area contributed by atoms with Gasteiger partial charge in [-0.3, -0.25) is 10.1 Å². The second-order valence-corrected chi connectivity index (χ2v) is 9.22. The van der Waals surface area contributed by atoms with Gasteiger partial charge in [0.15, 0.2) is 0 Å². The molecule has 0 aromatic heterocycles. The van der Waals surface area contributed by atoms with Gasteiger partial charge in [0, 0.05) is 22.5 Å². The summed E-state index contributed by atoms with van der Waals surface area (Å²) in [5.41, 5.74) is 6.12. The second kappa shape index (κ2) is 7.79. The minimum atomic E-state index is -1.05. The maximum atomic E-state index is 11.0. The van der Waals surface area contributed by atoms with E-state index in [1.807, 2.05) is 17.8 Å². The lowest BCUT2D eigenvalue weighted by molar-refractivity contribution is -0.138. The fourth-order valence-corrected chi connectivity index (χ4v) is 5.44. The smallest absolute Gasteiger partial charge is 0.305 e. The fourth-order valence-electron chi connectivity index (χ4n) is 3.27. The van der Waals surface area contributed by atoms with Gasteiger partial charge in [-0.05, 0) is 0 Å². The van der Waals surface area contributed by atoms with Crippen molar-refractivity contribution in [1.82, 2.24) is 5.32 Å². The monoisotopic (exact) mass is 344 g/mol. The predicted octanol–water partition coefficient (Wildman–Crippen LogP) is 1.39. The SMILES string of the molecule is COC(N[C@H](C=O)CC(=O)O)C(N)/C=C/C1C(C)(C)SC1(C)C. The van der Waals surface area contributed by atoms with Gasteiger partial charge in [0.2, 0.25) is 0 Å². The van der Waals surface area contributed by atoms with Crippen molar-refractivity contribution in [3.63, 3.8) is 0 Å². The zero-order chi connectivity index (χ0) is 17.8. The molecule has 0 aromatic rings. The Balaban J connectivity index is 2.69. The van der Waals surface area contributed by atoms with E-state index in [1.54, 1.807) is 0 Å². The number of nitrogens with two attached hydrogens (primary N) is 1. The molecule has 1 fully saturated rings. The van der Waals surface area contributed by atoms with Crippen LogP contribution in [-0.2, 0) is 14.3 Å². The quantitative estimate of drug-likeness (QED) is 0.330. The largest absolute Gasteiger partial charge is 0.481 e. The number of methoxy groups -OCH3 is 1. The summed E-state index contributed by atoms with van der Waals surface area (Å²) in [5, 5.41) is 11.6. The topological polar surface area (TPSA) is 102 Å². The standard InChI is InChI=1S/C16H28N2O4S/c1-15(2)12(16(3,4)23-15)7-6-11(17)14(22-5)18-10(9-19)8-13(20)21/h6-7,9-12,14,18H,8,17H2,1-5H3,(H,20,21)/b7-6+/t10-,11?,14?/m0/s1. The van der Waals surface area contributed by atoms with E-state index in [1.165, 1.54) is 7.11 Å². The predicted molar refractivity (Wildman–Crippen MR) is 92.4 cm³/mol. The van der Waals surface area contributed by atoms with E-state index in [-0.39, 0.29) is 15.9 Å². The van der Waals surface area contributed by atoms with Crippen molar-refractivity contribution in [2.24, 2.45) is 11.7 Å². The van der Waals surface area contributed by atoms with Crippen LogP contribution in [0, 0.1) is 5.92 Å². The summed E-state index contributed by atoms with van der Waals surface area (Å²) in [4.78, 5) is 21.7. The van der Waals surface area contributed by atoms with Crippen LogP contribution in [0.5, 0.6) is 0 Å². The van der Waals surface area contributed by atoms with Crippen LogP contribution in [-0.4, -0.2) is 52.3 Å². The van der Waals surface area contributed by atoms with Crippen molar-refractivity contribution in [3.8, 4) is 0 Å². The van der Waals surface area contributed by atoms with E-state index in [0.29, 0.717) is 12.2 Å². The van der Waals surface area contributed by atoms with Crippen LogP contribution in [0.15, 0.2) is 12.2 Å². The molecular formula is C16H28N2O4S. The number of aldehydes is 1. The minimum Gasteiger partial charge on any atom is -0.481 e. The molecule has 7 heteroatoms. The Morgan fingerprint density at radius 3 is 2.35 bits per heavy atom. The molecule has 0 saturated carbocycles. The maximum Gasteiger partial charge on any atom is 0.305 e. The summed E-state index contributed by atoms with van der Waals surface area (Å²) in [7, 11) is 1.47. The van der Waals surface area contributed by atoms with Crippen molar-refractivity contribution >= 4 is 24.0 Å². The number of nitrogens with one attached hydrogen (secondary N) is 1. The molecule has 4 N–H and O–H groups in total. The third kappa shape index (κ3) is 5.31. The first-order valence-electron chi connectivity index (χ1n) is 7.63. The highest BCUT2D eigenvalue weighted by atomic mass is 32.2. The number of aliphatic carboxylic acids is 1. The molecule has 1 aliphatic rings. The van der Waals surface area contributed by atoms with Crippen LogP contribution < -0.4 is 11.1 Å². The number of allylic oxidation sites excluding steroid dienone is 1. The number of hydrogen-bond donors (Lipinski definition) is 3. The Morgan fingerprint density at radius 1 is 1.39 bits per heavy atom. The van der Waals surface area contributed by atoms with Gasteiger partial charge in [0.1, 0.15) is 12.5 Å². The average molecular weight is 344 g/mol. The van der Waals surface area contributed by atoms with E-state index in [4.69, 9.17) is 15.6 Å². The number of carbonyl (C=O) groups is 2. The van der Waals surface area contributed by atoms with E-state index < -0.39 is 24.3 Å². The molecule has 23 heavy (non-hydrogen) atoms. The number of carboxylic acids is 1. The molecule has 0 aliphatic carbocycles. The minimum absolute atomic E-state index is 0.157. The van der Waals surface area contributed by atoms with E-state index in [2.05, 4.69) is 39.1 Å². The summed E-state index contributed by atoms with van der Waals surface area (Å²) < 4.78 is 5.58. The molecule has 132 valence electrons. The van der Waals surface area contributed by atoms with Crippen molar-refractivity contribution in [1.29, 1.82) is 0 Å². The van der Waals surface area contributed by atoms with Crippen molar-refractivity contribution in [2.75, 3.05) is 7.11 Å². The Morgan fingerprint density at radius 2 is 1.96 bits per heavy atom. The number of carboxylic acid groups (broad SMARTS) is 1. The highest BCUT2D eigenvalue weighted by Gasteiger charge is 2.52. The molecule has 1 saturated heterocycles. The van der Waals surface area contributed by atoms with Gasteiger partial charge in [-0.15, -0.1) is 11.8 Å². The molecule has 0 aromatic carbocycles. The first-order chi connectivity index (χ1) is 10.5. The average Bonchev–Trinajstić information content (AvgIpc) is 2.40. The van der Waals surface area contributed by atoms with Gasteiger partial charge in [-0.2, -0.15) is 0 Å². The van der Waals surface area contributed by atoms with Gasteiger partial charge < -0.3 is 20.4 Å². The number of hydrogen-bond acceptors (Lipinski definition) is 6. The van der Waals surface area contributed by atoms with E-state index in [0.717, 1.165) is 0 Å². The Kier molecular flexibility index (Phi) is 6.82. The molecule has 1 rings (SSSR count). The molecule has 0 bridgehead atoms. The molecule has 1 aliphatic heterocycles. The first kappa shape index (κ1) is 20.2. The Labute approximate surface area is 142 Å². The third-order valence-corrected chi connectivity index (χ3v) is 5.65. The normalized spacial score (nSPS) is 23.9. The number of ether oxygens (including phenoxy) is 1. The molecule has 0 spiro atoms. The van der Waals surface area contributed by atoms with Gasteiger partial charge in [0.05, 0.1) is 18.5 Å². The van der Waals surface area contributed by atoms with Crippen LogP contribution in [0.3, 0.4) is 0 Å². The molecule has 3 atom stereocenters. The van der Waals surface area contributed by atoms with Gasteiger partial charge in [-0.1, -0.05) is 39.8 Å². The van der Waals surface area contributed by atoms with Crippen molar-refractivity contribution in [3.05, 3.63) is 12.2 Å². The highest BCUT2D eigenvalue weighted by Crippen LogP contribution is 2.59. The lowest BCUT2D eigenvalue weighted by Gasteiger charge is -2.56. The Bertz CT molecular complexity index is 451. The summed E-state index contributed by atoms with van der Waals surface area (Å²) in [6, 6.07) is -1.31. The lowest BCUT2D eigenvalue weighted by Crippen LogP contribution is -2.54. The van der Waals surface area contributed by atoms with E-state index >= 15 is 0 Å². The second-order valence-electron chi connectivity index (χ2n) is 6.91. The van der Waals surface area contributed by atoms with Crippen LogP contribution >= 0.6 is 11.8 Å². The molecular weight excluding hydrogens is 316 g/mol. The summed E-state index contributed by atoms with van der Waals surface area (Å²) in [5.74, 6) is -0.673. The number of rotatable bonds is 9. The van der Waals surface area contributed by atoms with Crippen molar-refractivity contribution < 1.29 is 19.4 Å². The van der Waals surface area contributed by atoms with Crippen LogP contribution in [0.2, 0.25) is 0 Å². The van der Waals surface area contributed by atoms with Crippen molar-refractivity contribution in [2.45, 2.75) is 61.9 Å². The van der Waals surface area contributed by atoms with Gasteiger partial charge in [-0.25, -0.2) is 0 Å². The number of carbonyl (C=O) groups excluding carboxylic acids is 1. The van der Waals surface area contributed by atoms with Crippen LogP contribution in [0.4, 0.5) is 0 Å². The molecule has 1 heterocycles. The molecule has 0 amide bonds. The zero-order valence-electron chi connectivity index (χ0n) is 14.4. The van der Waals surface area contributed by atoms with E-state index in [9.17, 15) is 9.59 Å². The summed E-state index contributed by atoms with van der Waals surface area (Å²) >= 11 is 1.93.